The van der Waals surface area contributed by atoms with Crippen molar-refractivity contribution in [2.24, 2.45) is 0 Å². The molecule has 0 radical (unpaired) electrons. The lowest BCUT2D eigenvalue weighted by Crippen LogP contribution is -2.08. The molecule has 6 nitrogen and oxygen atoms in total. The number of nitrogens with zero attached hydrogens (tertiary/aromatic N) is 3. The normalized spacial score (nSPS) is 10.5. The Hall–Kier alpha value is -2.11. The third kappa shape index (κ3) is 1.08. The lowest BCUT2D eigenvalue weighted by molar-refractivity contribution is -0.384. The molecular formula is C7H6N4O2. The Bertz CT molecular complexity index is 476. The summed E-state index contributed by atoms with van der Waals surface area (Å²) < 4.78 is 0. The molecular weight excluding hydrogens is 172 g/mol. The maximum atomic E-state index is 10.4. The van der Waals surface area contributed by atoms with Crippen LogP contribution in [0.3, 0.4) is 0 Å². The SMILES string of the molecule is Nn1ncc2ccc([N+](=O)[O-])cc21. The lowest BCUT2D eigenvalue weighted by atomic mass is 10.2. The van der Waals surface area contributed by atoms with Gasteiger partial charge in [0.1, 0.15) is 0 Å². The Balaban J connectivity index is 2.72. The van der Waals surface area contributed by atoms with Crippen molar-refractivity contribution >= 4 is 16.6 Å². The minimum Gasteiger partial charge on any atom is -0.323 e. The summed E-state index contributed by atoms with van der Waals surface area (Å²) in [5.41, 5.74) is 0.564. The number of nitro groups is 1. The summed E-state index contributed by atoms with van der Waals surface area (Å²) >= 11 is 0. The number of nitro benzene ring substituents is 1. The van der Waals surface area contributed by atoms with Gasteiger partial charge in [-0.2, -0.15) is 9.89 Å². The first-order chi connectivity index (χ1) is 6.18. The Morgan fingerprint density at radius 1 is 1.54 bits per heavy atom. The van der Waals surface area contributed by atoms with Crippen LogP contribution in [-0.2, 0) is 0 Å². The van der Waals surface area contributed by atoms with Gasteiger partial charge in [0.15, 0.2) is 0 Å². The number of fused-ring (bicyclic) bond motifs is 1. The minimum atomic E-state index is -0.466. The van der Waals surface area contributed by atoms with Gasteiger partial charge in [-0.25, -0.2) is 0 Å². The van der Waals surface area contributed by atoms with E-state index in [1.807, 2.05) is 0 Å². The third-order valence-corrected chi connectivity index (χ3v) is 1.79. The van der Waals surface area contributed by atoms with Crippen LogP contribution in [0.25, 0.3) is 10.9 Å². The molecule has 0 bridgehead atoms. The van der Waals surface area contributed by atoms with Crippen molar-refractivity contribution in [1.29, 1.82) is 0 Å². The fraction of sp³-hybridized carbons (Fsp3) is 0. The molecule has 1 aromatic heterocycles. The molecule has 1 aromatic carbocycles. The molecule has 66 valence electrons. The van der Waals surface area contributed by atoms with Crippen molar-refractivity contribution in [2.45, 2.75) is 0 Å². The van der Waals surface area contributed by atoms with E-state index >= 15 is 0 Å². The van der Waals surface area contributed by atoms with E-state index in [9.17, 15) is 10.1 Å². The Morgan fingerprint density at radius 2 is 2.31 bits per heavy atom. The van der Waals surface area contributed by atoms with E-state index in [0.717, 1.165) is 10.2 Å². The second-order valence-corrected chi connectivity index (χ2v) is 2.59. The van der Waals surface area contributed by atoms with Gasteiger partial charge in [0, 0.05) is 17.5 Å². The number of hydrogen-bond donors (Lipinski definition) is 1. The number of nitrogens with two attached hydrogens (primary N) is 1. The van der Waals surface area contributed by atoms with Crippen LogP contribution in [0.4, 0.5) is 5.69 Å². The molecule has 0 aliphatic heterocycles. The highest BCUT2D eigenvalue weighted by molar-refractivity contribution is 5.80. The summed E-state index contributed by atoms with van der Waals surface area (Å²) in [6.45, 7) is 0. The second kappa shape index (κ2) is 2.44. The molecule has 2 aromatic rings. The quantitative estimate of drug-likeness (QED) is 0.394. The Morgan fingerprint density at radius 3 is 3.00 bits per heavy atom. The first-order valence-corrected chi connectivity index (χ1v) is 3.56. The molecule has 13 heavy (non-hydrogen) atoms. The van der Waals surface area contributed by atoms with Gasteiger partial charge in [-0.1, -0.05) is 0 Å². The highest BCUT2D eigenvalue weighted by Crippen LogP contribution is 2.18. The van der Waals surface area contributed by atoms with E-state index in [-0.39, 0.29) is 5.69 Å². The van der Waals surface area contributed by atoms with Crippen molar-refractivity contribution < 1.29 is 4.92 Å². The summed E-state index contributed by atoms with van der Waals surface area (Å²) in [5, 5.41) is 15.0. The van der Waals surface area contributed by atoms with Gasteiger partial charge in [0.05, 0.1) is 16.6 Å². The van der Waals surface area contributed by atoms with Crippen LogP contribution in [0.1, 0.15) is 0 Å². The van der Waals surface area contributed by atoms with Gasteiger partial charge in [-0.15, -0.1) is 0 Å². The van der Waals surface area contributed by atoms with Crippen molar-refractivity contribution in [3.05, 3.63) is 34.5 Å². The molecule has 0 spiro atoms. The summed E-state index contributed by atoms with van der Waals surface area (Å²) in [4.78, 5) is 11.1. The van der Waals surface area contributed by atoms with Crippen molar-refractivity contribution in [2.75, 3.05) is 5.84 Å². The zero-order valence-electron chi connectivity index (χ0n) is 6.54. The second-order valence-electron chi connectivity index (χ2n) is 2.59. The predicted octanol–water partition coefficient (Wildman–Crippen LogP) is 0.658. The molecule has 0 unspecified atom stereocenters. The van der Waals surface area contributed by atoms with E-state index in [4.69, 9.17) is 5.84 Å². The highest BCUT2D eigenvalue weighted by atomic mass is 16.6. The average Bonchev–Trinajstić information content (AvgIpc) is 2.47. The van der Waals surface area contributed by atoms with Gasteiger partial charge in [-0.3, -0.25) is 10.1 Å². The first-order valence-electron chi connectivity index (χ1n) is 3.56. The van der Waals surface area contributed by atoms with Crippen LogP contribution in [0.15, 0.2) is 24.4 Å². The molecule has 0 aliphatic rings. The average molecular weight is 178 g/mol. The van der Waals surface area contributed by atoms with Crippen molar-refractivity contribution in [3.8, 4) is 0 Å². The van der Waals surface area contributed by atoms with Crippen LogP contribution in [0.5, 0.6) is 0 Å². The lowest BCUT2D eigenvalue weighted by Gasteiger charge is -1.93. The molecule has 0 amide bonds. The predicted molar refractivity (Wildman–Crippen MR) is 46.5 cm³/mol. The molecule has 6 heteroatoms. The number of benzene rings is 1. The van der Waals surface area contributed by atoms with Gasteiger partial charge in [0.2, 0.25) is 0 Å². The standard InChI is InChI=1S/C7H6N4O2/c8-10-7-3-6(11(12)13)2-1-5(7)4-9-10/h1-4H,8H2. The van der Waals surface area contributed by atoms with E-state index in [1.165, 1.54) is 12.1 Å². The molecule has 0 aliphatic carbocycles. The van der Waals surface area contributed by atoms with Crippen LogP contribution in [0, 0.1) is 10.1 Å². The van der Waals surface area contributed by atoms with E-state index in [0.29, 0.717) is 5.52 Å². The zero-order valence-corrected chi connectivity index (χ0v) is 6.54. The number of aromatic nitrogens is 2. The largest absolute Gasteiger partial charge is 0.323 e. The van der Waals surface area contributed by atoms with Gasteiger partial charge in [0.25, 0.3) is 5.69 Å². The molecule has 0 atom stereocenters. The molecule has 1 heterocycles. The maximum absolute atomic E-state index is 10.4. The van der Waals surface area contributed by atoms with Crippen LogP contribution in [0.2, 0.25) is 0 Å². The topological polar surface area (TPSA) is 87.0 Å². The highest BCUT2D eigenvalue weighted by Gasteiger charge is 2.08. The maximum Gasteiger partial charge on any atom is 0.271 e. The van der Waals surface area contributed by atoms with Crippen molar-refractivity contribution in [1.82, 2.24) is 9.89 Å². The zero-order chi connectivity index (χ0) is 9.42. The van der Waals surface area contributed by atoms with E-state index in [2.05, 4.69) is 5.10 Å². The van der Waals surface area contributed by atoms with E-state index < -0.39 is 4.92 Å². The number of hydrogen-bond acceptors (Lipinski definition) is 4. The summed E-state index contributed by atoms with van der Waals surface area (Å²) in [6, 6.07) is 4.43. The van der Waals surface area contributed by atoms with Crippen LogP contribution < -0.4 is 5.84 Å². The molecule has 0 saturated heterocycles. The Labute approximate surface area is 72.7 Å². The number of nitrogen functional groups attached to an aromatic ring is 1. The Kier molecular flexibility index (Phi) is 1.42. The summed E-state index contributed by atoms with van der Waals surface area (Å²) in [6.07, 6.45) is 1.55. The number of rotatable bonds is 1. The first kappa shape index (κ1) is 7.53. The third-order valence-electron chi connectivity index (χ3n) is 1.79. The number of non-ortho nitro benzene ring substituents is 1. The van der Waals surface area contributed by atoms with Gasteiger partial charge in [-0.05, 0) is 6.07 Å². The molecule has 2 N–H and O–H groups in total. The summed E-state index contributed by atoms with van der Waals surface area (Å²) in [7, 11) is 0. The fourth-order valence-electron chi connectivity index (χ4n) is 1.14. The molecule has 2 rings (SSSR count). The van der Waals surface area contributed by atoms with Gasteiger partial charge >= 0.3 is 0 Å². The van der Waals surface area contributed by atoms with Gasteiger partial charge < -0.3 is 5.84 Å². The minimum absolute atomic E-state index is 0.0136. The van der Waals surface area contributed by atoms with Crippen molar-refractivity contribution in [3.63, 3.8) is 0 Å². The van der Waals surface area contributed by atoms with Crippen LogP contribution >= 0.6 is 0 Å². The smallest absolute Gasteiger partial charge is 0.271 e. The monoisotopic (exact) mass is 178 g/mol. The fourth-order valence-corrected chi connectivity index (χ4v) is 1.14. The molecule has 0 saturated carbocycles. The van der Waals surface area contributed by atoms with E-state index in [1.54, 1.807) is 12.3 Å². The summed E-state index contributed by atoms with van der Waals surface area (Å²) in [5.74, 6) is 5.43. The van der Waals surface area contributed by atoms with Crippen LogP contribution in [-0.4, -0.2) is 14.8 Å². The molecule has 0 fully saturated rings.